The fourth-order valence-electron chi connectivity index (χ4n) is 1.92. The summed E-state index contributed by atoms with van der Waals surface area (Å²) in [7, 11) is 0. The number of hydrogen-bond acceptors (Lipinski definition) is 4. The molecule has 0 saturated heterocycles. The first kappa shape index (κ1) is 18.8. The maximum Gasteiger partial charge on any atom is 0.0962 e. The Bertz CT molecular complexity index is 164. The first-order valence-electron chi connectivity index (χ1n) is 7.96. The summed E-state index contributed by atoms with van der Waals surface area (Å²) in [5.74, 6) is 0. The van der Waals surface area contributed by atoms with Gasteiger partial charge >= 0.3 is 0 Å². The van der Waals surface area contributed by atoms with Gasteiger partial charge in [0.05, 0.1) is 12.7 Å². The Kier molecular flexibility index (Phi) is 15.8. The van der Waals surface area contributed by atoms with E-state index in [0.717, 1.165) is 25.7 Å². The quantitative estimate of drug-likeness (QED) is 0.236. The Morgan fingerprint density at radius 2 is 1.42 bits per heavy atom. The van der Waals surface area contributed by atoms with E-state index in [9.17, 15) is 0 Å². The van der Waals surface area contributed by atoms with Gasteiger partial charge < -0.3 is 0 Å². The van der Waals surface area contributed by atoms with Crippen LogP contribution in [0.2, 0.25) is 0 Å². The molecule has 0 amide bonds. The van der Waals surface area contributed by atoms with Gasteiger partial charge in [-0.3, -0.25) is 0 Å². The molecule has 1 atom stereocenters. The highest BCUT2D eigenvalue weighted by molar-refractivity contribution is 4.56. The van der Waals surface area contributed by atoms with Crippen LogP contribution in [0.4, 0.5) is 0 Å². The highest BCUT2D eigenvalue weighted by Gasteiger charge is 2.09. The first-order chi connectivity index (χ1) is 9.35. The summed E-state index contributed by atoms with van der Waals surface area (Å²) in [4.78, 5) is 9.94. The van der Waals surface area contributed by atoms with Crippen molar-refractivity contribution in [2.45, 2.75) is 91.1 Å². The minimum absolute atomic E-state index is 0.112. The molecular formula is C15H32O4. The topological polar surface area (TPSA) is 36.9 Å². The van der Waals surface area contributed by atoms with Gasteiger partial charge in [0.15, 0.2) is 0 Å². The summed E-state index contributed by atoms with van der Waals surface area (Å²) in [6, 6.07) is 0. The van der Waals surface area contributed by atoms with Crippen molar-refractivity contribution in [1.29, 1.82) is 0 Å². The monoisotopic (exact) mass is 276 g/mol. The largest absolute Gasteiger partial charge is 0.204 e. The third-order valence-corrected chi connectivity index (χ3v) is 3.03. The third-order valence-electron chi connectivity index (χ3n) is 3.03. The highest BCUT2D eigenvalue weighted by atomic mass is 17.7. The lowest BCUT2D eigenvalue weighted by Crippen LogP contribution is -2.14. The minimum atomic E-state index is 0.112. The molecule has 1 unspecified atom stereocenters. The van der Waals surface area contributed by atoms with E-state index in [1.54, 1.807) is 0 Å². The Morgan fingerprint density at radius 1 is 0.684 bits per heavy atom. The van der Waals surface area contributed by atoms with Crippen molar-refractivity contribution in [1.82, 2.24) is 0 Å². The molecule has 4 heteroatoms. The van der Waals surface area contributed by atoms with E-state index in [1.807, 2.05) is 6.92 Å². The lowest BCUT2D eigenvalue weighted by molar-refractivity contribution is -0.642. The molecule has 0 aliphatic rings. The molecule has 0 aromatic carbocycles. The lowest BCUT2D eigenvalue weighted by atomic mass is 10.0. The number of hydrogen-bond donors (Lipinski definition) is 0. The van der Waals surface area contributed by atoms with Crippen LogP contribution in [0, 0.1) is 0 Å². The van der Waals surface area contributed by atoms with Gasteiger partial charge in [-0.25, -0.2) is 9.78 Å². The second kappa shape index (κ2) is 15.9. The predicted molar refractivity (Wildman–Crippen MR) is 76.2 cm³/mol. The molecule has 0 rings (SSSR count). The fraction of sp³-hybridized carbons (Fsp3) is 1.00. The van der Waals surface area contributed by atoms with Gasteiger partial charge in [0, 0.05) is 0 Å². The Morgan fingerprint density at radius 3 is 2.11 bits per heavy atom. The van der Waals surface area contributed by atoms with Crippen molar-refractivity contribution in [2.75, 3.05) is 6.61 Å². The van der Waals surface area contributed by atoms with E-state index in [2.05, 4.69) is 23.9 Å². The summed E-state index contributed by atoms with van der Waals surface area (Å²) in [5, 5.41) is 9.11. The minimum Gasteiger partial charge on any atom is -0.204 e. The fourth-order valence-corrected chi connectivity index (χ4v) is 1.92. The van der Waals surface area contributed by atoms with E-state index in [0.29, 0.717) is 6.61 Å². The second-order valence-electron chi connectivity index (χ2n) is 5.02. The zero-order valence-electron chi connectivity index (χ0n) is 13.0. The van der Waals surface area contributed by atoms with Crippen molar-refractivity contribution >= 4 is 0 Å². The average molecular weight is 276 g/mol. The van der Waals surface area contributed by atoms with Crippen molar-refractivity contribution in [3.8, 4) is 0 Å². The second-order valence-corrected chi connectivity index (χ2v) is 5.02. The molecule has 0 aromatic heterocycles. The molecule has 0 aromatic rings. The third kappa shape index (κ3) is 14.1. The van der Waals surface area contributed by atoms with Crippen LogP contribution in [-0.2, 0) is 19.9 Å². The smallest absolute Gasteiger partial charge is 0.0962 e. The van der Waals surface area contributed by atoms with E-state index in [4.69, 9.17) is 9.78 Å². The molecule has 0 bridgehead atoms. The molecule has 0 heterocycles. The van der Waals surface area contributed by atoms with Crippen molar-refractivity contribution < 1.29 is 19.9 Å². The molecule has 0 aliphatic carbocycles. The molecule has 0 saturated carbocycles. The molecule has 0 radical (unpaired) electrons. The zero-order valence-corrected chi connectivity index (χ0v) is 13.0. The van der Waals surface area contributed by atoms with E-state index < -0.39 is 0 Å². The molecular weight excluding hydrogens is 244 g/mol. The van der Waals surface area contributed by atoms with Crippen LogP contribution in [0.15, 0.2) is 0 Å². The van der Waals surface area contributed by atoms with Gasteiger partial charge in [0.1, 0.15) is 0 Å². The molecule has 0 spiro atoms. The van der Waals surface area contributed by atoms with Gasteiger partial charge in [0.2, 0.25) is 0 Å². The summed E-state index contributed by atoms with van der Waals surface area (Å²) >= 11 is 0. The Hall–Kier alpha value is -0.160. The van der Waals surface area contributed by atoms with Crippen LogP contribution in [0.25, 0.3) is 0 Å². The normalized spacial score (nSPS) is 12.8. The summed E-state index contributed by atoms with van der Waals surface area (Å²) in [5.41, 5.74) is 0. The van der Waals surface area contributed by atoms with E-state index >= 15 is 0 Å². The Balaban J connectivity index is 3.45. The summed E-state index contributed by atoms with van der Waals surface area (Å²) < 4.78 is 0. The summed E-state index contributed by atoms with van der Waals surface area (Å²) in [6.07, 6.45) is 11.9. The maximum atomic E-state index is 5.21. The van der Waals surface area contributed by atoms with Crippen LogP contribution in [-0.4, -0.2) is 12.7 Å². The number of unbranched alkanes of at least 4 members (excludes halogenated alkanes) is 5. The average Bonchev–Trinajstić information content (AvgIpc) is 2.42. The standard InChI is InChI=1S/C15H32O4/c1-4-7-8-9-10-11-13-15(12-5-2)17-19-18-16-14-6-3/h15H,4-14H2,1-3H3. The molecule has 4 nitrogen and oxygen atoms in total. The predicted octanol–water partition coefficient (Wildman–Crippen LogP) is 5.13. The van der Waals surface area contributed by atoms with Gasteiger partial charge in [-0.2, -0.15) is 0 Å². The first-order valence-corrected chi connectivity index (χ1v) is 7.96. The van der Waals surface area contributed by atoms with Crippen LogP contribution < -0.4 is 0 Å². The van der Waals surface area contributed by atoms with Crippen LogP contribution >= 0.6 is 0 Å². The maximum absolute atomic E-state index is 5.21. The van der Waals surface area contributed by atoms with Crippen LogP contribution in [0.5, 0.6) is 0 Å². The van der Waals surface area contributed by atoms with Crippen molar-refractivity contribution in [2.24, 2.45) is 0 Å². The SMILES string of the molecule is CCCCCCCCC(CCC)OOOOCCC. The molecule has 19 heavy (non-hydrogen) atoms. The lowest BCUT2D eigenvalue weighted by Gasteiger charge is -2.14. The van der Waals surface area contributed by atoms with E-state index in [1.165, 1.54) is 38.5 Å². The van der Waals surface area contributed by atoms with Gasteiger partial charge in [0.25, 0.3) is 0 Å². The van der Waals surface area contributed by atoms with Gasteiger partial charge in [-0.1, -0.05) is 65.7 Å². The van der Waals surface area contributed by atoms with Crippen LogP contribution in [0.1, 0.15) is 85.0 Å². The molecule has 0 N–H and O–H groups in total. The molecule has 0 fully saturated rings. The van der Waals surface area contributed by atoms with E-state index in [-0.39, 0.29) is 6.10 Å². The van der Waals surface area contributed by atoms with Gasteiger partial charge in [-0.05, 0) is 29.3 Å². The van der Waals surface area contributed by atoms with Gasteiger partial charge in [-0.15, -0.1) is 0 Å². The molecule has 116 valence electrons. The van der Waals surface area contributed by atoms with Crippen molar-refractivity contribution in [3.63, 3.8) is 0 Å². The zero-order chi connectivity index (χ0) is 14.2. The Labute approximate surface area is 118 Å². The van der Waals surface area contributed by atoms with Crippen molar-refractivity contribution in [3.05, 3.63) is 0 Å². The summed E-state index contributed by atoms with van der Waals surface area (Å²) in [6.45, 7) is 6.90. The number of rotatable bonds is 15. The highest BCUT2D eigenvalue weighted by Crippen LogP contribution is 2.14. The van der Waals surface area contributed by atoms with Crippen LogP contribution in [0.3, 0.4) is 0 Å². The molecule has 0 aliphatic heterocycles.